The summed E-state index contributed by atoms with van der Waals surface area (Å²) in [5.41, 5.74) is 2.46. The Morgan fingerprint density at radius 2 is 1.92 bits per heavy atom. The monoisotopic (exact) mass is 180 g/mol. The van der Waals surface area contributed by atoms with Crippen LogP contribution in [0.15, 0.2) is 16.3 Å². The summed E-state index contributed by atoms with van der Waals surface area (Å²) in [4.78, 5) is 4.32. The van der Waals surface area contributed by atoms with E-state index in [1.165, 1.54) is 0 Å². The molecule has 13 heavy (non-hydrogen) atoms. The smallest absolute Gasteiger partial charge is 0.0816 e. The molecular weight excluding hydrogens is 160 g/mol. The average molecular weight is 180 g/mol. The fourth-order valence-corrected chi connectivity index (χ4v) is 0.908. The molecule has 0 fully saturated rings. The summed E-state index contributed by atoms with van der Waals surface area (Å²) in [5.74, 6) is 0.494. The number of hydrogen-bond acceptors (Lipinski definition) is 2. The maximum Gasteiger partial charge on any atom is 0.0816 e. The summed E-state index contributed by atoms with van der Waals surface area (Å²) < 4.78 is 0. The highest BCUT2D eigenvalue weighted by Gasteiger charge is 2.00. The second-order valence-electron chi connectivity index (χ2n) is 3.64. The van der Waals surface area contributed by atoms with E-state index < -0.39 is 0 Å². The summed E-state index contributed by atoms with van der Waals surface area (Å²) in [6, 6.07) is 0. The molecule has 1 N–H and O–H groups in total. The van der Waals surface area contributed by atoms with Crippen LogP contribution in [0.5, 0.6) is 0 Å². The van der Waals surface area contributed by atoms with Crippen molar-refractivity contribution in [3.05, 3.63) is 11.3 Å². The Kier molecular flexibility index (Phi) is 5.28. The van der Waals surface area contributed by atoms with Crippen LogP contribution in [0.25, 0.3) is 0 Å². The van der Waals surface area contributed by atoms with Gasteiger partial charge in [0.2, 0.25) is 0 Å². The largest absolute Gasteiger partial charge is 0.303 e. The normalized spacial score (nSPS) is 13.0. The maximum absolute atomic E-state index is 7.51. The number of hydrogen-bond donors (Lipinski definition) is 1. The van der Waals surface area contributed by atoms with Crippen LogP contribution in [0.2, 0.25) is 0 Å². The molecule has 0 aromatic heterocycles. The van der Waals surface area contributed by atoms with E-state index in [-0.39, 0.29) is 0 Å². The van der Waals surface area contributed by atoms with Crippen molar-refractivity contribution in [2.24, 2.45) is 10.9 Å². The Morgan fingerprint density at radius 1 is 1.38 bits per heavy atom. The van der Waals surface area contributed by atoms with E-state index in [0.717, 1.165) is 17.7 Å². The van der Waals surface area contributed by atoms with Gasteiger partial charge in [0.25, 0.3) is 0 Å². The second kappa shape index (κ2) is 5.68. The van der Waals surface area contributed by atoms with Crippen LogP contribution >= 0.6 is 0 Å². The lowest BCUT2D eigenvalue weighted by molar-refractivity contribution is 0.754. The first-order valence-electron chi connectivity index (χ1n) is 4.76. The Morgan fingerprint density at radius 3 is 2.23 bits per heavy atom. The maximum atomic E-state index is 7.51. The van der Waals surface area contributed by atoms with Gasteiger partial charge in [-0.2, -0.15) is 0 Å². The van der Waals surface area contributed by atoms with Gasteiger partial charge >= 0.3 is 0 Å². The highest BCUT2D eigenvalue weighted by atomic mass is 14.8. The first kappa shape index (κ1) is 12.1. The van der Waals surface area contributed by atoms with E-state index in [4.69, 9.17) is 5.41 Å². The predicted octanol–water partition coefficient (Wildman–Crippen LogP) is 3.44. The van der Waals surface area contributed by atoms with Crippen molar-refractivity contribution < 1.29 is 0 Å². The summed E-state index contributed by atoms with van der Waals surface area (Å²) >= 11 is 0. The SMILES string of the molecule is CCC(C)C=NC(C(C)=N)=C(C)C. The molecule has 0 aromatic carbocycles. The third kappa shape index (κ3) is 4.61. The number of nitrogens with zero attached hydrogens (tertiary/aromatic N) is 1. The van der Waals surface area contributed by atoms with Crippen molar-refractivity contribution >= 4 is 11.9 Å². The number of nitrogens with one attached hydrogen (secondary N) is 1. The summed E-state index contributed by atoms with van der Waals surface area (Å²) in [7, 11) is 0. The molecule has 0 saturated carbocycles. The molecule has 0 heterocycles. The van der Waals surface area contributed by atoms with Gasteiger partial charge in [0, 0.05) is 6.21 Å². The van der Waals surface area contributed by atoms with Crippen molar-refractivity contribution in [3.8, 4) is 0 Å². The van der Waals surface area contributed by atoms with Crippen LogP contribution < -0.4 is 0 Å². The quantitative estimate of drug-likeness (QED) is 0.643. The lowest BCUT2D eigenvalue weighted by Crippen LogP contribution is -1.99. The average Bonchev–Trinajstić information content (AvgIpc) is 2.03. The fourth-order valence-electron chi connectivity index (χ4n) is 0.908. The van der Waals surface area contributed by atoms with E-state index >= 15 is 0 Å². The third-order valence-corrected chi connectivity index (χ3v) is 1.93. The molecule has 0 bridgehead atoms. The first-order chi connectivity index (χ1) is 5.99. The standard InChI is InChI=1S/C11H20N2/c1-6-9(4)7-13-11(8(2)3)10(5)12/h7,9,12H,6H2,1-5H3. The number of aliphatic imine (C=N–C) groups is 1. The number of rotatable bonds is 4. The summed E-state index contributed by atoms with van der Waals surface area (Å²) in [6.45, 7) is 10.0. The summed E-state index contributed by atoms with van der Waals surface area (Å²) in [6.07, 6.45) is 3.02. The van der Waals surface area contributed by atoms with Crippen molar-refractivity contribution in [3.63, 3.8) is 0 Å². The highest BCUT2D eigenvalue weighted by Crippen LogP contribution is 2.07. The van der Waals surface area contributed by atoms with Crippen LogP contribution in [0.4, 0.5) is 0 Å². The van der Waals surface area contributed by atoms with Gasteiger partial charge < -0.3 is 5.41 Å². The molecule has 0 saturated heterocycles. The molecule has 0 aliphatic carbocycles. The van der Waals surface area contributed by atoms with Crippen LogP contribution in [-0.2, 0) is 0 Å². The summed E-state index contributed by atoms with van der Waals surface area (Å²) in [5, 5.41) is 7.51. The van der Waals surface area contributed by atoms with Crippen LogP contribution in [0, 0.1) is 11.3 Å². The molecule has 2 heteroatoms. The molecule has 0 aromatic rings. The number of allylic oxidation sites excluding steroid dienone is 2. The Hall–Kier alpha value is -0.920. The Labute approximate surface area is 81.3 Å². The minimum atomic E-state index is 0.494. The Balaban J connectivity index is 4.56. The van der Waals surface area contributed by atoms with Gasteiger partial charge in [-0.3, -0.25) is 4.99 Å². The second-order valence-corrected chi connectivity index (χ2v) is 3.64. The van der Waals surface area contributed by atoms with Gasteiger partial charge in [0.15, 0.2) is 0 Å². The van der Waals surface area contributed by atoms with Gasteiger partial charge in [-0.25, -0.2) is 0 Å². The van der Waals surface area contributed by atoms with Gasteiger partial charge in [-0.1, -0.05) is 13.8 Å². The highest BCUT2D eigenvalue weighted by molar-refractivity contribution is 5.97. The van der Waals surface area contributed by atoms with Crippen molar-refractivity contribution in [2.45, 2.75) is 41.0 Å². The lowest BCUT2D eigenvalue weighted by Gasteiger charge is -2.03. The van der Waals surface area contributed by atoms with Gasteiger partial charge in [-0.05, 0) is 38.7 Å². The van der Waals surface area contributed by atoms with E-state index in [0.29, 0.717) is 11.6 Å². The fraction of sp³-hybridized carbons (Fsp3) is 0.636. The molecule has 0 spiro atoms. The van der Waals surface area contributed by atoms with E-state index in [2.05, 4.69) is 18.8 Å². The van der Waals surface area contributed by atoms with Crippen molar-refractivity contribution in [1.29, 1.82) is 5.41 Å². The molecule has 0 aliphatic heterocycles. The molecule has 1 atom stereocenters. The van der Waals surface area contributed by atoms with E-state index in [9.17, 15) is 0 Å². The molecule has 0 aliphatic rings. The van der Waals surface area contributed by atoms with Crippen molar-refractivity contribution in [1.82, 2.24) is 0 Å². The zero-order valence-electron chi connectivity index (χ0n) is 9.31. The van der Waals surface area contributed by atoms with Gasteiger partial charge in [0.1, 0.15) is 0 Å². The van der Waals surface area contributed by atoms with Crippen LogP contribution in [-0.4, -0.2) is 11.9 Å². The van der Waals surface area contributed by atoms with Crippen molar-refractivity contribution in [2.75, 3.05) is 0 Å². The molecule has 0 rings (SSSR count). The zero-order valence-corrected chi connectivity index (χ0v) is 9.31. The molecular formula is C11H20N2. The molecule has 74 valence electrons. The minimum absolute atomic E-state index is 0.494. The predicted molar refractivity (Wildman–Crippen MR) is 59.7 cm³/mol. The zero-order chi connectivity index (χ0) is 10.4. The van der Waals surface area contributed by atoms with Gasteiger partial charge in [0.05, 0.1) is 11.4 Å². The molecule has 1 unspecified atom stereocenters. The molecule has 0 radical (unpaired) electrons. The third-order valence-electron chi connectivity index (χ3n) is 1.93. The molecule has 2 nitrogen and oxygen atoms in total. The topological polar surface area (TPSA) is 36.2 Å². The van der Waals surface area contributed by atoms with E-state index in [1.54, 1.807) is 6.92 Å². The minimum Gasteiger partial charge on any atom is -0.303 e. The van der Waals surface area contributed by atoms with Gasteiger partial charge in [-0.15, -0.1) is 0 Å². The lowest BCUT2D eigenvalue weighted by atomic mass is 10.1. The van der Waals surface area contributed by atoms with Crippen LogP contribution in [0.3, 0.4) is 0 Å². The van der Waals surface area contributed by atoms with Crippen LogP contribution in [0.1, 0.15) is 41.0 Å². The van der Waals surface area contributed by atoms with E-state index in [1.807, 2.05) is 20.1 Å². The first-order valence-corrected chi connectivity index (χ1v) is 4.76. The Bertz CT molecular complexity index is 232. The molecule has 0 amide bonds.